The minimum Gasteiger partial charge on any atom is -0.340 e. The van der Waals surface area contributed by atoms with Crippen LogP contribution < -0.4 is 0 Å². The van der Waals surface area contributed by atoms with Crippen LogP contribution in [0.25, 0.3) is 0 Å². The molecule has 6 heteroatoms. The summed E-state index contributed by atoms with van der Waals surface area (Å²) in [6, 6.07) is 8.75. The maximum Gasteiger partial charge on any atom is 0.236 e. The molecule has 1 atom stereocenters. The predicted molar refractivity (Wildman–Crippen MR) is 93.2 cm³/mol. The summed E-state index contributed by atoms with van der Waals surface area (Å²) in [6.07, 6.45) is 0. The minimum atomic E-state index is -0.391. The van der Waals surface area contributed by atoms with Crippen molar-refractivity contribution in [2.75, 3.05) is 20.6 Å². The van der Waals surface area contributed by atoms with Gasteiger partial charge in [0.05, 0.1) is 6.54 Å². The second-order valence-electron chi connectivity index (χ2n) is 5.56. The molecule has 0 N–H and O–H groups in total. The molecule has 1 aromatic carbocycles. The highest BCUT2D eigenvalue weighted by molar-refractivity contribution is 7.10. The number of carbonyl (C=O) groups excluding carboxylic acids is 1. The average molecular weight is 355 g/mol. The van der Waals surface area contributed by atoms with Crippen molar-refractivity contribution in [1.29, 1.82) is 0 Å². The van der Waals surface area contributed by atoms with Crippen molar-refractivity contribution < 1.29 is 9.18 Å². The van der Waals surface area contributed by atoms with E-state index in [1.54, 1.807) is 30.5 Å². The normalized spacial score (nSPS) is 12.4. The molecule has 0 saturated carbocycles. The molecule has 0 fully saturated rings. The Hall–Kier alpha value is -1.43. The van der Waals surface area contributed by atoms with Crippen molar-refractivity contribution in [1.82, 2.24) is 9.80 Å². The smallest absolute Gasteiger partial charge is 0.236 e. The molecule has 1 heterocycles. The molecule has 23 heavy (non-hydrogen) atoms. The molecule has 2 aromatic rings. The van der Waals surface area contributed by atoms with Crippen LogP contribution in [0.5, 0.6) is 0 Å². The van der Waals surface area contributed by atoms with Crippen LogP contribution >= 0.6 is 22.9 Å². The van der Waals surface area contributed by atoms with Crippen LogP contribution in [-0.2, 0) is 11.3 Å². The maximum absolute atomic E-state index is 13.8. The van der Waals surface area contributed by atoms with E-state index in [1.165, 1.54) is 15.8 Å². The molecule has 0 saturated heterocycles. The van der Waals surface area contributed by atoms with E-state index in [-0.39, 0.29) is 25.0 Å². The average Bonchev–Trinajstić information content (AvgIpc) is 3.04. The van der Waals surface area contributed by atoms with Gasteiger partial charge >= 0.3 is 0 Å². The Kier molecular flexibility index (Phi) is 6.16. The van der Waals surface area contributed by atoms with Crippen LogP contribution in [-0.4, -0.2) is 36.3 Å². The third kappa shape index (κ3) is 4.53. The Labute approximate surface area is 145 Å². The van der Waals surface area contributed by atoms with Crippen molar-refractivity contribution in [3.05, 3.63) is 57.0 Å². The van der Waals surface area contributed by atoms with Gasteiger partial charge in [-0.05, 0) is 37.6 Å². The molecule has 0 aliphatic carbocycles. The first-order chi connectivity index (χ1) is 10.9. The van der Waals surface area contributed by atoms with Crippen molar-refractivity contribution in [3.8, 4) is 0 Å². The Morgan fingerprint density at radius 3 is 2.65 bits per heavy atom. The van der Waals surface area contributed by atoms with Gasteiger partial charge in [-0.3, -0.25) is 9.69 Å². The lowest BCUT2D eigenvalue weighted by Crippen LogP contribution is -2.37. The largest absolute Gasteiger partial charge is 0.340 e. The van der Waals surface area contributed by atoms with Gasteiger partial charge in [0.1, 0.15) is 5.82 Å². The highest BCUT2D eigenvalue weighted by atomic mass is 35.5. The zero-order chi connectivity index (χ0) is 17.0. The van der Waals surface area contributed by atoms with Crippen LogP contribution in [0.3, 0.4) is 0 Å². The van der Waals surface area contributed by atoms with Gasteiger partial charge in [0, 0.05) is 35.1 Å². The van der Waals surface area contributed by atoms with Gasteiger partial charge in [0.25, 0.3) is 0 Å². The fourth-order valence-corrected chi connectivity index (χ4v) is 3.30. The number of amides is 1. The van der Waals surface area contributed by atoms with Crippen molar-refractivity contribution in [2.45, 2.75) is 19.5 Å². The number of hydrogen-bond donors (Lipinski definition) is 0. The van der Waals surface area contributed by atoms with E-state index in [9.17, 15) is 9.18 Å². The lowest BCUT2D eigenvalue weighted by Gasteiger charge is -2.26. The summed E-state index contributed by atoms with van der Waals surface area (Å²) in [5, 5.41) is 2.36. The number of carbonyl (C=O) groups is 1. The number of hydrogen-bond acceptors (Lipinski definition) is 3. The molecule has 1 amide bonds. The van der Waals surface area contributed by atoms with Crippen LogP contribution in [0.2, 0.25) is 5.02 Å². The third-order valence-corrected chi connectivity index (χ3v) is 5.28. The molecular weight excluding hydrogens is 335 g/mol. The second kappa shape index (κ2) is 7.90. The summed E-state index contributed by atoms with van der Waals surface area (Å²) in [5.74, 6) is -0.465. The molecule has 3 nitrogen and oxygen atoms in total. The molecule has 2 rings (SSSR count). The first-order valence-electron chi connectivity index (χ1n) is 7.30. The Balaban J connectivity index is 1.97. The maximum atomic E-state index is 13.8. The molecule has 0 aliphatic rings. The SMILES string of the molecule is C[C@@H](c1cccs1)N(C)CC(=O)N(C)Cc1c(F)cccc1Cl. The third-order valence-electron chi connectivity index (χ3n) is 3.88. The van der Waals surface area contributed by atoms with E-state index in [2.05, 4.69) is 13.0 Å². The fourth-order valence-electron chi connectivity index (χ4n) is 2.23. The zero-order valence-corrected chi connectivity index (χ0v) is 15.0. The van der Waals surface area contributed by atoms with Crippen molar-refractivity contribution in [3.63, 3.8) is 0 Å². The fraction of sp³-hybridized carbons (Fsp3) is 0.353. The van der Waals surface area contributed by atoms with Crippen LogP contribution in [0.15, 0.2) is 35.7 Å². The molecule has 0 unspecified atom stereocenters. The number of benzene rings is 1. The highest BCUT2D eigenvalue weighted by Crippen LogP contribution is 2.24. The Morgan fingerprint density at radius 1 is 1.30 bits per heavy atom. The van der Waals surface area contributed by atoms with Crippen molar-refractivity contribution >= 4 is 28.8 Å². The molecule has 124 valence electrons. The van der Waals surface area contributed by atoms with Gasteiger partial charge in [-0.25, -0.2) is 4.39 Å². The van der Waals surface area contributed by atoms with E-state index in [0.717, 1.165) is 0 Å². The molecule has 0 bridgehead atoms. The number of likely N-dealkylation sites (N-methyl/N-ethyl adjacent to an activating group) is 2. The molecule has 0 aliphatic heterocycles. The second-order valence-corrected chi connectivity index (χ2v) is 6.94. The van der Waals surface area contributed by atoms with Crippen LogP contribution in [0.1, 0.15) is 23.4 Å². The van der Waals surface area contributed by atoms with E-state index in [1.807, 2.05) is 23.4 Å². The lowest BCUT2D eigenvalue weighted by molar-refractivity contribution is -0.131. The quantitative estimate of drug-likeness (QED) is 0.776. The molecule has 0 radical (unpaired) electrons. The predicted octanol–water partition coefficient (Wildman–Crippen LogP) is 4.19. The van der Waals surface area contributed by atoms with Crippen molar-refractivity contribution in [2.24, 2.45) is 0 Å². The molecule has 1 aromatic heterocycles. The summed E-state index contributed by atoms with van der Waals surface area (Å²) in [7, 11) is 3.57. The van der Waals surface area contributed by atoms with Crippen LogP contribution in [0.4, 0.5) is 4.39 Å². The summed E-state index contributed by atoms with van der Waals surface area (Å²) >= 11 is 7.68. The van der Waals surface area contributed by atoms with E-state index >= 15 is 0 Å². The number of rotatable bonds is 6. The number of nitrogens with zero attached hydrogens (tertiary/aromatic N) is 2. The number of halogens is 2. The monoisotopic (exact) mass is 354 g/mol. The minimum absolute atomic E-state index is 0.0739. The van der Waals surface area contributed by atoms with Gasteiger partial charge in [-0.1, -0.05) is 23.7 Å². The Bertz CT molecular complexity index is 642. The first-order valence-corrected chi connectivity index (χ1v) is 8.56. The van der Waals surface area contributed by atoms with Gasteiger partial charge in [0.2, 0.25) is 5.91 Å². The summed E-state index contributed by atoms with van der Waals surface area (Å²) in [4.78, 5) is 17.1. The summed E-state index contributed by atoms with van der Waals surface area (Å²) in [6.45, 7) is 2.49. The molecule has 0 spiro atoms. The summed E-state index contributed by atoms with van der Waals surface area (Å²) in [5.41, 5.74) is 0.346. The van der Waals surface area contributed by atoms with E-state index in [4.69, 9.17) is 11.6 Å². The van der Waals surface area contributed by atoms with E-state index in [0.29, 0.717) is 10.6 Å². The first kappa shape index (κ1) is 17.9. The summed E-state index contributed by atoms with van der Waals surface area (Å²) < 4.78 is 13.8. The van der Waals surface area contributed by atoms with Gasteiger partial charge in [-0.15, -0.1) is 11.3 Å². The zero-order valence-electron chi connectivity index (χ0n) is 13.4. The van der Waals surface area contributed by atoms with E-state index < -0.39 is 5.82 Å². The van der Waals surface area contributed by atoms with Gasteiger partial charge in [0.15, 0.2) is 0 Å². The van der Waals surface area contributed by atoms with Crippen LogP contribution in [0, 0.1) is 5.82 Å². The number of thiophene rings is 1. The van der Waals surface area contributed by atoms with Gasteiger partial charge < -0.3 is 4.90 Å². The Morgan fingerprint density at radius 2 is 2.04 bits per heavy atom. The lowest BCUT2D eigenvalue weighted by atomic mass is 10.2. The van der Waals surface area contributed by atoms with Gasteiger partial charge in [-0.2, -0.15) is 0 Å². The highest BCUT2D eigenvalue weighted by Gasteiger charge is 2.19. The topological polar surface area (TPSA) is 23.6 Å². The standard InChI is InChI=1S/C17H20ClFN2OS/c1-12(16-8-5-9-23-16)20(2)11-17(22)21(3)10-13-14(18)6-4-7-15(13)19/h4-9,12H,10-11H2,1-3H3/t12-/m0/s1. The molecular formula is C17H20ClFN2OS.